The summed E-state index contributed by atoms with van der Waals surface area (Å²) in [5.41, 5.74) is 0.151. The fourth-order valence-electron chi connectivity index (χ4n) is 2.61. The maximum atomic E-state index is 11.8. The molecule has 0 aliphatic carbocycles. The van der Waals surface area contributed by atoms with Crippen molar-refractivity contribution >= 4 is 23.6 Å². The van der Waals surface area contributed by atoms with Gasteiger partial charge in [-0.3, -0.25) is 14.5 Å². The van der Waals surface area contributed by atoms with E-state index in [4.69, 9.17) is 0 Å². The largest absolute Gasteiger partial charge is 0.317 e. The maximum Gasteiger partial charge on any atom is 0.239 e. The van der Waals surface area contributed by atoms with Crippen LogP contribution in [-0.2, 0) is 9.59 Å². The first-order valence-electron chi connectivity index (χ1n) is 6.28. The molecule has 2 aliphatic rings. The highest BCUT2D eigenvalue weighted by atomic mass is 32.2. The van der Waals surface area contributed by atoms with Crippen LogP contribution in [0.3, 0.4) is 0 Å². The Morgan fingerprint density at radius 3 is 2.35 bits per heavy atom. The summed E-state index contributed by atoms with van der Waals surface area (Å²) in [5.74, 6) is 0.920. The Kier molecular flexibility index (Phi) is 4.09. The minimum Gasteiger partial charge on any atom is -0.317 e. The Labute approximate surface area is 106 Å². The van der Waals surface area contributed by atoms with Crippen molar-refractivity contribution in [2.75, 3.05) is 31.1 Å². The Balaban J connectivity index is 2.06. The molecule has 1 N–H and O–H groups in total. The van der Waals surface area contributed by atoms with Crippen molar-refractivity contribution in [1.29, 1.82) is 0 Å². The molecule has 2 amide bonds. The van der Waals surface area contributed by atoms with Gasteiger partial charge in [0, 0.05) is 6.54 Å². The summed E-state index contributed by atoms with van der Waals surface area (Å²) in [6, 6.07) is 0. The van der Waals surface area contributed by atoms with Gasteiger partial charge in [-0.15, -0.1) is 11.8 Å². The SMILES string of the molecule is CCC1(CN2C(=O)CSCC2=O)CCNCC1. The van der Waals surface area contributed by atoms with E-state index in [0.717, 1.165) is 32.4 Å². The minimum atomic E-state index is -0.00222. The second-order valence-electron chi connectivity index (χ2n) is 4.97. The number of thioether (sulfide) groups is 1. The van der Waals surface area contributed by atoms with Gasteiger partial charge < -0.3 is 5.32 Å². The van der Waals surface area contributed by atoms with Crippen LogP contribution in [-0.4, -0.2) is 47.9 Å². The normalized spacial score (nSPS) is 25.1. The first-order valence-corrected chi connectivity index (χ1v) is 7.44. The number of imide groups is 1. The number of rotatable bonds is 3. The molecule has 0 spiro atoms. The molecule has 0 radical (unpaired) electrons. The molecule has 5 heteroatoms. The summed E-state index contributed by atoms with van der Waals surface area (Å²) < 4.78 is 0. The third kappa shape index (κ3) is 2.83. The van der Waals surface area contributed by atoms with Crippen LogP contribution in [0.1, 0.15) is 26.2 Å². The molecule has 4 nitrogen and oxygen atoms in total. The highest BCUT2D eigenvalue weighted by Gasteiger charge is 2.37. The fraction of sp³-hybridized carbons (Fsp3) is 0.833. The van der Waals surface area contributed by atoms with Gasteiger partial charge in [0.1, 0.15) is 0 Å². The van der Waals surface area contributed by atoms with E-state index in [-0.39, 0.29) is 17.2 Å². The molecule has 2 rings (SSSR count). The molecular formula is C12H20N2O2S. The lowest BCUT2D eigenvalue weighted by Crippen LogP contribution is -2.51. The van der Waals surface area contributed by atoms with Gasteiger partial charge in [-0.25, -0.2) is 0 Å². The number of nitrogens with zero attached hydrogens (tertiary/aromatic N) is 1. The van der Waals surface area contributed by atoms with Gasteiger partial charge in [-0.1, -0.05) is 6.92 Å². The zero-order valence-electron chi connectivity index (χ0n) is 10.3. The molecule has 2 saturated heterocycles. The van der Waals surface area contributed by atoms with Crippen LogP contribution < -0.4 is 5.32 Å². The molecule has 0 unspecified atom stereocenters. The number of amides is 2. The Morgan fingerprint density at radius 1 is 1.24 bits per heavy atom. The summed E-state index contributed by atoms with van der Waals surface area (Å²) in [6.45, 7) is 4.79. The van der Waals surface area contributed by atoms with Gasteiger partial charge in [0.15, 0.2) is 0 Å². The van der Waals surface area contributed by atoms with Crippen molar-refractivity contribution < 1.29 is 9.59 Å². The van der Waals surface area contributed by atoms with Crippen molar-refractivity contribution in [2.24, 2.45) is 5.41 Å². The number of nitrogens with one attached hydrogen (secondary N) is 1. The van der Waals surface area contributed by atoms with E-state index in [9.17, 15) is 9.59 Å². The number of carbonyl (C=O) groups is 2. The number of carbonyl (C=O) groups excluding carboxylic acids is 2. The maximum absolute atomic E-state index is 11.8. The zero-order valence-corrected chi connectivity index (χ0v) is 11.1. The molecule has 0 atom stereocenters. The van der Waals surface area contributed by atoms with Crippen LogP contribution in [0.2, 0.25) is 0 Å². The molecule has 2 fully saturated rings. The third-order valence-electron chi connectivity index (χ3n) is 3.96. The van der Waals surface area contributed by atoms with Crippen LogP contribution in [0.5, 0.6) is 0 Å². The molecule has 0 bridgehead atoms. The van der Waals surface area contributed by atoms with E-state index in [1.54, 1.807) is 0 Å². The predicted molar refractivity (Wildman–Crippen MR) is 68.9 cm³/mol. The molecule has 0 saturated carbocycles. The van der Waals surface area contributed by atoms with Crippen LogP contribution >= 0.6 is 11.8 Å². The number of piperidine rings is 1. The summed E-state index contributed by atoms with van der Waals surface area (Å²) in [5, 5.41) is 3.34. The van der Waals surface area contributed by atoms with Crippen LogP contribution in [0, 0.1) is 5.41 Å². The molecule has 17 heavy (non-hydrogen) atoms. The molecule has 2 aliphatic heterocycles. The Bertz CT molecular complexity index is 298. The van der Waals surface area contributed by atoms with Crippen molar-refractivity contribution in [3.05, 3.63) is 0 Å². The second-order valence-corrected chi connectivity index (χ2v) is 5.96. The van der Waals surface area contributed by atoms with E-state index >= 15 is 0 Å². The van der Waals surface area contributed by atoms with Gasteiger partial charge in [-0.05, 0) is 37.8 Å². The van der Waals surface area contributed by atoms with Crippen molar-refractivity contribution in [1.82, 2.24) is 10.2 Å². The lowest BCUT2D eigenvalue weighted by molar-refractivity contribution is -0.144. The molecule has 2 heterocycles. The molecular weight excluding hydrogens is 236 g/mol. The van der Waals surface area contributed by atoms with Gasteiger partial charge >= 0.3 is 0 Å². The second kappa shape index (κ2) is 5.40. The lowest BCUT2D eigenvalue weighted by atomic mass is 9.76. The van der Waals surface area contributed by atoms with E-state index in [1.807, 2.05) is 0 Å². The van der Waals surface area contributed by atoms with Gasteiger partial charge in [-0.2, -0.15) is 0 Å². The summed E-state index contributed by atoms with van der Waals surface area (Å²) in [7, 11) is 0. The van der Waals surface area contributed by atoms with E-state index < -0.39 is 0 Å². The van der Waals surface area contributed by atoms with Gasteiger partial charge in [0.2, 0.25) is 11.8 Å². The van der Waals surface area contributed by atoms with Crippen LogP contribution in [0.15, 0.2) is 0 Å². The quantitative estimate of drug-likeness (QED) is 0.761. The smallest absolute Gasteiger partial charge is 0.239 e. The fourth-order valence-corrected chi connectivity index (χ4v) is 3.38. The first-order chi connectivity index (χ1) is 8.17. The summed E-state index contributed by atoms with van der Waals surface area (Å²) in [6.07, 6.45) is 3.17. The van der Waals surface area contributed by atoms with E-state index in [0.29, 0.717) is 18.1 Å². The summed E-state index contributed by atoms with van der Waals surface area (Å²) >= 11 is 1.43. The van der Waals surface area contributed by atoms with Crippen molar-refractivity contribution in [3.63, 3.8) is 0 Å². The van der Waals surface area contributed by atoms with Crippen LogP contribution in [0.4, 0.5) is 0 Å². The molecule has 0 aromatic heterocycles. The number of hydrogen-bond acceptors (Lipinski definition) is 4. The first kappa shape index (κ1) is 12.9. The zero-order chi connectivity index (χ0) is 12.3. The van der Waals surface area contributed by atoms with Gasteiger partial charge in [0.05, 0.1) is 11.5 Å². The van der Waals surface area contributed by atoms with E-state index in [2.05, 4.69) is 12.2 Å². The van der Waals surface area contributed by atoms with Crippen LogP contribution in [0.25, 0.3) is 0 Å². The Morgan fingerprint density at radius 2 is 1.82 bits per heavy atom. The topological polar surface area (TPSA) is 49.4 Å². The lowest BCUT2D eigenvalue weighted by Gasteiger charge is -2.41. The van der Waals surface area contributed by atoms with Crippen molar-refractivity contribution in [2.45, 2.75) is 26.2 Å². The highest BCUT2D eigenvalue weighted by Crippen LogP contribution is 2.34. The number of hydrogen-bond donors (Lipinski definition) is 1. The monoisotopic (exact) mass is 256 g/mol. The van der Waals surface area contributed by atoms with Crippen molar-refractivity contribution in [3.8, 4) is 0 Å². The minimum absolute atomic E-state index is 0.00222. The Hall–Kier alpha value is -0.550. The van der Waals surface area contributed by atoms with Gasteiger partial charge in [0.25, 0.3) is 0 Å². The third-order valence-corrected chi connectivity index (χ3v) is 4.86. The van der Waals surface area contributed by atoms with E-state index in [1.165, 1.54) is 16.7 Å². The predicted octanol–water partition coefficient (Wildman–Crippen LogP) is 0.868. The highest BCUT2D eigenvalue weighted by molar-refractivity contribution is 8.00. The average molecular weight is 256 g/mol. The molecule has 0 aromatic rings. The molecule has 0 aromatic carbocycles. The molecule has 96 valence electrons. The average Bonchev–Trinajstić information content (AvgIpc) is 2.35. The standard InChI is InChI=1S/C12H20N2O2S/c1-2-12(3-5-13-6-4-12)9-14-10(15)7-17-8-11(14)16/h13H,2-9H2,1H3. The summed E-state index contributed by atoms with van der Waals surface area (Å²) in [4.78, 5) is 25.1.